The first-order valence-electron chi connectivity index (χ1n) is 7.75. The van der Waals surface area contributed by atoms with Gasteiger partial charge >= 0.3 is 0 Å². The Morgan fingerprint density at radius 1 is 1.10 bits per heavy atom. The molecule has 2 aromatic rings. The molecule has 3 rings (SSSR count). The van der Waals surface area contributed by atoms with Gasteiger partial charge in [0.15, 0.2) is 0 Å². The highest BCUT2D eigenvalue weighted by Gasteiger charge is 2.22. The molecular formula is C18H22N2O. The minimum atomic E-state index is 0.164. The third-order valence-electron chi connectivity index (χ3n) is 4.32. The molecule has 1 saturated carbocycles. The maximum absolute atomic E-state index is 12.9. The third-order valence-corrected chi connectivity index (χ3v) is 4.32. The Hall–Kier alpha value is -1.87. The van der Waals surface area contributed by atoms with Crippen LogP contribution in [0.15, 0.2) is 47.3 Å². The fraction of sp³-hybridized carbons (Fsp3) is 0.389. The fourth-order valence-electron chi connectivity index (χ4n) is 3.29. The number of pyridine rings is 1. The molecular weight excluding hydrogens is 260 g/mol. The quantitative estimate of drug-likeness (QED) is 0.933. The van der Waals surface area contributed by atoms with Gasteiger partial charge in [0.1, 0.15) is 0 Å². The van der Waals surface area contributed by atoms with Crippen LogP contribution in [0.5, 0.6) is 0 Å². The Morgan fingerprint density at radius 2 is 1.81 bits per heavy atom. The SMILES string of the molecule is CNCc1ccc(-c2ccccc2)n(C2CCCC2)c1=O. The zero-order chi connectivity index (χ0) is 14.7. The summed E-state index contributed by atoms with van der Waals surface area (Å²) < 4.78 is 2.04. The molecule has 21 heavy (non-hydrogen) atoms. The lowest BCUT2D eigenvalue weighted by molar-refractivity contribution is 0.503. The highest BCUT2D eigenvalue weighted by atomic mass is 16.1. The van der Waals surface area contributed by atoms with Gasteiger partial charge in [-0.15, -0.1) is 0 Å². The van der Waals surface area contributed by atoms with Gasteiger partial charge in [-0.05, 0) is 31.5 Å². The third kappa shape index (κ3) is 2.79. The minimum absolute atomic E-state index is 0.164. The van der Waals surface area contributed by atoms with Crippen molar-refractivity contribution in [3.05, 3.63) is 58.4 Å². The van der Waals surface area contributed by atoms with Gasteiger partial charge in [0.2, 0.25) is 0 Å². The first kappa shape index (κ1) is 14.1. The number of aromatic nitrogens is 1. The van der Waals surface area contributed by atoms with E-state index in [0.29, 0.717) is 12.6 Å². The van der Waals surface area contributed by atoms with Crippen molar-refractivity contribution < 1.29 is 0 Å². The van der Waals surface area contributed by atoms with Crippen LogP contribution in [-0.4, -0.2) is 11.6 Å². The molecule has 0 unspecified atom stereocenters. The zero-order valence-corrected chi connectivity index (χ0v) is 12.5. The fourth-order valence-corrected chi connectivity index (χ4v) is 3.29. The van der Waals surface area contributed by atoms with Crippen LogP contribution >= 0.6 is 0 Å². The summed E-state index contributed by atoms with van der Waals surface area (Å²) in [7, 11) is 1.88. The van der Waals surface area contributed by atoms with Crippen molar-refractivity contribution in [3.8, 4) is 11.3 Å². The largest absolute Gasteiger partial charge is 0.315 e. The maximum atomic E-state index is 12.9. The summed E-state index contributed by atoms with van der Waals surface area (Å²) in [6, 6.07) is 14.6. The molecule has 0 atom stereocenters. The summed E-state index contributed by atoms with van der Waals surface area (Å²) in [6.07, 6.45) is 4.68. The molecule has 0 aliphatic heterocycles. The van der Waals surface area contributed by atoms with Crippen LogP contribution < -0.4 is 10.9 Å². The average molecular weight is 282 g/mol. The summed E-state index contributed by atoms with van der Waals surface area (Å²) in [6.45, 7) is 0.626. The van der Waals surface area contributed by atoms with E-state index in [1.165, 1.54) is 12.8 Å². The Labute approximate surface area is 125 Å². The van der Waals surface area contributed by atoms with Gasteiger partial charge in [0.25, 0.3) is 5.56 Å². The topological polar surface area (TPSA) is 34.0 Å². The van der Waals surface area contributed by atoms with Crippen LogP contribution in [0.3, 0.4) is 0 Å². The van der Waals surface area contributed by atoms with Crippen molar-refractivity contribution in [3.63, 3.8) is 0 Å². The van der Waals surface area contributed by atoms with E-state index in [0.717, 1.165) is 29.7 Å². The highest BCUT2D eigenvalue weighted by Crippen LogP contribution is 2.32. The average Bonchev–Trinajstić information content (AvgIpc) is 3.04. The molecule has 1 heterocycles. The number of hydrogen-bond acceptors (Lipinski definition) is 2. The molecule has 1 aromatic carbocycles. The van der Waals surface area contributed by atoms with Crippen molar-refractivity contribution in [1.29, 1.82) is 0 Å². The van der Waals surface area contributed by atoms with Gasteiger partial charge in [0, 0.05) is 18.2 Å². The summed E-state index contributed by atoms with van der Waals surface area (Å²) in [5, 5.41) is 3.09. The summed E-state index contributed by atoms with van der Waals surface area (Å²) in [5.74, 6) is 0. The van der Waals surface area contributed by atoms with E-state index in [1.807, 2.05) is 35.9 Å². The molecule has 0 amide bonds. The monoisotopic (exact) mass is 282 g/mol. The molecule has 0 radical (unpaired) electrons. The smallest absolute Gasteiger partial charge is 0.255 e. The van der Waals surface area contributed by atoms with E-state index in [1.54, 1.807) is 0 Å². The highest BCUT2D eigenvalue weighted by molar-refractivity contribution is 5.60. The molecule has 3 nitrogen and oxygen atoms in total. The molecule has 1 N–H and O–H groups in total. The molecule has 1 aliphatic carbocycles. The van der Waals surface area contributed by atoms with Gasteiger partial charge in [0.05, 0.1) is 5.69 Å². The molecule has 1 aromatic heterocycles. The number of nitrogens with one attached hydrogen (secondary N) is 1. The van der Waals surface area contributed by atoms with Crippen molar-refractivity contribution in [2.75, 3.05) is 7.05 Å². The second-order valence-electron chi connectivity index (χ2n) is 5.75. The number of nitrogens with zero attached hydrogens (tertiary/aromatic N) is 1. The first-order chi connectivity index (χ1) is 10.3. The molecule has 3 heteroatoms. The van der Waals surface area contributed by atoms with E-state index in [2.05, 4.69) is 23.5 Å². The van der Waals surface area contributed by atoms with Gasteiger partial charge in [-0.3, -0.25) is 4.79 Å². The lowest BCUT2D eigenvalue weighted by atomic mass is 10.1. The Morgan fingerprint density at radius 3 is 2.48 bits per heavy atom. The molecule has 1 aliphatic rings. The summed E-state index contributed by atoms with van der Waals surface area (Å²) in [4.78, 5) is 12.9. The van der Waals surface area contributed by atoms with Gasteiger partial charge < -0.3 is 9.88 Å². The maximum Gasteiger partial charge on any atom is 0.255 e. The normalized spacial score (nSPS) is 15.5. The van der Waals surface area contributed by atoms with E-state index in [9.17, 15) is 4.79 Å². The predicted octanol–water partition coefficient (Wildman–Crippen LogP) is 3.35. The molecule has 0 saturated heterocycles. The number of benzene rings is 1. The van der Waals surface area contributed by atoms with Gasteiger partial charge in [-0.25, -0.2) is 0 Å². The molecule has 1 fully saturated rings. The second-order valence-corrected chi connectivity index (χ2v) is 5.75. The Bertz CT molecular complexity index is 655. The molecule has 0 spiro atoms. The number of rotatable bonds is 4. The van der Waals surface area contributed by atoms with E-state index in [4.69, 9.17) is 0 Å². The van der Waals surface area contributed by atoms with Crippen LogP contribution in [0.25, 0.3) is 11.3 Å². The zero-order valence-electron chi connectivity index (χ0n) is 12.5. The van der Waals surface area contributed by atoms with E-state index in [-0.39, 0.29) is 5.56 Å². The molecule has 0 bridgehead atoms. The van der Waals surface area contributed by atoms with Crippen LogP contribution in [0.1, 0.15) is 37.3 Å². The standard InChI is InChI=1S/C18H22N2O/c1-19-13-15-11-12-17(14-7-3-2-4-8-14)20(18(15)21)16-9-5-6-10-16/h2-4,7-8,11-12,16,19H,5-6,9-10,13H2,1H3. The predicted molar refractivity (Wildman–Crippen MR) is 86.4 cm³/mol. The van der Waals surface area contributed by atoms with E-state index < -0.39 is 0 Å². The lowest BCUT2D eigenvalue weighted by Gasteiger charge is -2.20. The van der Waals surface area contributed by atoms with Crippen molar-refractivity contribution >= 4 is 0 Å². The van der Waals surface area contributed by atoms with Gasteiger partial charge in [-0.1, -0.05) is 49.2 Å². The summed E-state index contributed by atoms with van der Waals surface area (Å²) in [5.41, 5.74) is 3.19. The van der Waals surface area contributed by atoms with Crippen LogP contribution in [0.4, 0.5) is 0 Å². The van der Waals surface area contributed by atoms with Crippen molar-refractivity contribution in [2.45, 2.75) is 38.3 Å². The summed E-state index contributed by atoms with van der Waals surface area (Å²) >= 11 is 0. The van der Waals surface area contributed by atoms with Crippen molar-refractivity contribution in [2.24, 2.45) is 0 Å². The van der Waals surface area contributed by atoms with Crippen LogP contribution in [-0.2, 0) is 6.54 Å². The van der Waals surface area contributed by atoms with Crippen LogP contribution in [0.2, 0.25) is 0 Å². The lowest BCUT2D eigenvalue weighted by Crippen LogP contribution is -2.29. The number of hydrogen-bond donors (Lipinski definition) is 1. The first-order valence-corrected chi connectivity index (χ1v) is 7.75. The minimum Gasteiger partial charge on any atom is -0.315 e. The molecule has 110 valence electrons. The Kier molecular flexibility index (Phi) is 4.20. The second kappa shape index (κ2) is 6.27. The van der Waals surface area contributed by atoms with Crippen LogP contribution in [0, 0.1) is 0 Å². The van der Waals surface area contributed by atoms with Gasteiger partial charge in [-0.2, -0.15) is 0 Å². The Balaban J connectivity index is 2.15. The van der Waals surface area contributed by atoms with E-state index >= 15 is 0 Å². The van der Waals surface area contributed by atoms with Crippen molar-refractivity contribution in [1.82, 2.24) is 9.88 Å².